The van der Waals surface area contributed by atoms with Crippen molar-refractivity contribution in [1.29, 1.82) is 0 Å². The van der Waals surface area contributed by atoms with Gasteiger partial charge in [-0.2, -0.15) is 13.9 Å². The number of rotatable bonds is 19. The Balaban J connectivity index is 1.49. The normalized spacial score (nSPS) is 12.2. The summed E-state index contributed by atoms with van der Waals surface area (Å²) >= 11 is 0. The predicted octanol–water partition coefficient (Wildman–Crippen LogP) is 7.71. The molecule has 2 aromatic heterocycles. The van der Waals surface area contributed by atoms with Crippen LogP contribution in [-0.2, 0) is 32.8 Å². The highest BCUT2D eigenvalue weighted by Gasteiger charge is 2.28. The first kappa shape index (κ1) is 43.2. The number of carbonyl (C=O) groups excluding carboxylic acids is 2. The third-order valence-electron chi connectivity index (χ3n) is 8.56. The maximum absolute atomic E-state index is 13.6. The lowest BCUT2D eigenvalue weighted by molar-refractivity contribution is 0.0600. The summed E-state index contributed by atoms with van der Waals surface area (Å²) < 4.78 is 90.9. The largest absolute Gasteiger partial charge is 0.487 e. The predicted molar refractivity (Wildman–Crippen MR) is 214 cm³/mol. The second kappa shape index (κ2) is 18.6. The quantitative estimate of drug-likeness (QED) is 0.0420. The van der Waals surface area contributed by atoms with E-state index in [-0.39, 0.29) is 53.2 Å². The molecule has 19 heteroatoms. The van der Waals surface area contributed by atoms with E-state index in [1.54, 1.807) is 43.3 Å². The average Bonchev–Trinajstić information content (AvgIpc) is 3.54. The number of alkyl halides is 2. The summed E-state index contributed by atoms with van der Waals surface area (Å²) in [6.07, 6.45) is 0.646. The first-order valence-corrected chi connectivity index (χ1v) is 23.1. The number of hydrogen-bond acceptors (Lipinski definition) is 11. The molecule has 2 heterocycles. The van der Waals surface area contributed by atoms with E-state index >= 15 is 0 Å². The van der Waals surface area contributed by atoms with Crippen LogP contribution in [0.4, 0.5) is 30.5 Å². The van der Waals surface area contributed by atoms with E-state index in [4.69, 9.17) is 24.7 Å². The molecule has 5 aromatic rings. The lowest BCUT2D eigenvalue weighted by Crippen LogP contribution is -2.22. The van der Waals surface area contributed by atoms with Crippen LogP contribution in [0.25, 0.3) is 11.3 Å². The van der Waals surface area contributed by atoms with Crippen LogP contribution in [0.1, 0.15) is 44.9 Å². The van der Waals surface area contributed by atoms with Gasteiger partial charge in [-0.15, -0.1) is 0 Å². The number of nitrogens with one attached hydrogen (secondary N) is 2. The number of aromatic nitrogens is 3. The molecule has 0 fully saturated rings. The first-order chi connectivity index (χ1) is 27.4. The molecule has 0 saturated carbocycles. The highest BCUT2D eigenvalue weighted by molar-refractivity contribution is 7.93. The minimum Gasteiger partial charge on any atom is -0.487 e. The minimum atomic E-state index is -5.13. The molecule has 0 spiro atoms. The van der Waals surface area contributed by atoms with Crippen LogP contribution in [-0.4, -0.2) is 62.6 Å². The van der Waals surface area contributed by atoms with Crippen molar-refractivity contribution in [2.45, 2.75) is 57.8 Å². The van der Waals surface area contributed by atoms with Crippen LogP contribution >= 0.6 is 0 Å². The SMILES string of the molecule is COC(=O)c1ccc(COc2ccc(Nc3c(C(N)=O)c(-c4ccc(NS(=O)(=O)C(F)F)c(OC(C)c5ccc(F)cc5)c4)nn3COCC[Si](C)(C)C)nc2)cc1. The van der Waals surface area contributed by atoms with E-state index < -0.39 is 47.7 Å². The number of amides is 1. The molecule has 3 aromatic carbocycles. The minimum absolute atomic E-state index is 0.0320. The summed E-state index contributed by atoms with van der Waals surface area (Å²) in [7, 11) is -5.30. The zero-order valence-corrected chi connectivity index (χ0v) is 34.1. The fourth-order valence-corrected chi connectivity index (χ4v) is 6.69. The Kier molecular flexibility index (Phi) is 13.8. The summed E-state index contributed by atoms with van der Waals surface area (Å²) in [6, 6.07) is 20.0. The standard InChI is InChI=1S/C39H43F3N6O8SSi/c1-24(26-10-13-29(40)14-11-26)56-32-20-28(12-16-31(32)47-57(51,52)39(41)42)35-34(36(43)49)37(48(46-35)23-54-18-19-58(3,4)5)45-33-17-15-30(21-44-33)55-22-25-6-8-27(9-7-25)38(50)53-2/h6-17,20-21,24,39,47H,18-19,22-23H2,1-5H3,(H2,43,49)(H,44,45). The van der Waals surface area contributed by atoms with Gasteiger partial charge in [0.2, 0.25) is 0 Å². The van der Waals surface area contributed by atoms with Gasteiger partial charge in [0.05, 0.1) is 24.6 Å². The van der Waals surface area contributed by atoms with Gasteiger partial charge < -0.3 is 30.0 Å². The molecule has 0 aliphatic rings. The van der Waals surface area contributed by atoms with Crippen molar-refractivity contribution in [3.63, 3.8) is 0 Å². The fourth-order valence-electron chi connectivity index (χ4n) is 5.37. The third kappa shape index (κ3) is 11.4. The van der Waals surface area contributed by atoms with Gasteiger partial charge in [0.15, 0.2) is 0 Å². The van der Waals surface area contributed by atoms with E-state index in [0.29, 0.717) is 23.5 Å². The summed E-state index contributed by atoms with van der Waals surface area (Å²) in [5, 5.41) is 7.76. The zero-order chi connectivity index (χ0) is 42.2. The van der Waals surface area contributed by atoms with Gasteiger partial charge in [-0.3, -0.25) is 9.52 Å². The van der Waals surface area contributed by atoms with E-state index in [0.717, 1.165) is 11.6 Å². The molecule has 1 unspecified atom stereocenters. The molecule has 308 valence electrons. The summed E-state index contributed by atoms with van der Waals surface area (Å²) in [5.74, 6) is -4.96. The van der Waals surface area contributed by atoms with Crippen molar-refractivity contribution in [3.05, 3.63) is 113 Å². The lowest BCUT2D eigenvalue weighted by atomic mass is 10.1. The Hall–Kier alpha value is -5.92. The third-order valence-corrected chi connectivity index (χ3v) is 11.2. The molecule has 0 aliphatic heterocycles. The Morgan fingerprint density at radius 1 is 0.983 bits per heavy atom. The number of halogens is 3. The second-order valence-corrected chi connectivity index (χ2v) is 21.5. The monoisotopic (exact) mass is 840 g/mol. The number of ether oxygens (including phenoxy) is 4. The van der Waals surface area contributed by atoms with Gasteiger partial charge >= 0.3 is 11.7 Å². The summed E-state index contributed by atoms with van der Waals surface area (Å²) in [5.41, 5.74) is 7.48. The van der Waals surface area contributed by atoms with Gasteiger partial charge in [-0.1, -0.05) is 50.0 Å². The molecule has 0 aliphatic carbocycles. The zero-order valence-electron chi connectivity index (χ0n) is 32.3. The Bertz CT molecular complexity index is 2320. The highest BCUT2D eigenvalue weighted by atomic mass is 32.2. The molecule has 0 saturated heterocycles. The topological polar surface area (TPSA) is 186 Å². The van der Waals surface area contributed by atoms with Crippen LogP contribution < -0.4 is 25.2 Å². The number of nitrogens with two attached hydrogens (primary N) is 1. The fraction of sp³-hybridized carbons (Fsp3) is 0.282. The van der Waals surface area contributed by atoms with Gasteiger partial charge in [-0.05, 0) is 72.6 Å². The van der Waals surface area contributed by atoms with Crippen molar-refractivity contribution in [1.82, 2.24) is 14.8 Å². The molecule has 0 radical (unpaired) electrons. The number of methoxy groups -OCH3 is 1. The molecule has 14 nitrogen and oxygen atoms in total. The number of carbonyl (C=O) groups is 2. The molecule has 0 bridgehead atoms. The van der Waals surface area contributed by atoms with Crippen LogP contribution in [0.2, 0.25) is 25.7 Å². The summed E-state index contributed by atoms with van der Waals surface area (Å²) in [4.78, 5) is 29.4. The van der Waals surface area contributed by atoms with Gasteiger partial charge in [-0.25, -0.2) is 27.3 Å². The smallest absolute Gasteiger partial charge is 0.355 e. The first-order valence-electron chi connectivity index (χ1n) is 17.8. The van der Waals surface area contributed by atoms with Crippen molar-refractivity contribution in [3.8, 4) is 22.8 Å². The van der Waals surface area contributed by atoms with Gasteiger partial charge in [0.25, 0.3) is 15.9 Å². The number of pyridine rings is 1. The van der Waals surface area contributed by atoms with Crippen LogP contribution in [0.3, 0.4) is 0 Å². The molecule has 1 atom stereocenters. The molecule has 58 heavy (non-hydrogen) atoms. The maximum Gasteiger partial charge on any atom is 0.355 e. The van der Waals surface area contributed by atoms with Crippen LogP contribution in [0.15, 0.2) is 85.1 Å². The molecular formula is C39H43F3N6O8SSi. The number of primary amides is 1. The Morgan fingerprint density at radius 3 is 2.29 bits per heavy atom. The van der Waals surface area contributed by atoms with E-state index in [1.807, 2.05) is 4.72 Å². The Labute approximate surface area is 334 Å². The maximum atomic E-state index is 13.6. The molecule has 1 amide bonds. The van der Waals surface area contributed by atoms with Crippen LogP contribution in [0, 0.1) is 5.82 Å². The van der Waals surface area contributed by atoms with Crippen molar-refractivity contribution < 1.29 is 50.1 Å². The van der Waals surface area contributed by atoms with Crippen molar-refractivity contribution in [2.75, 3.05) is 23.8 Å². The highest BCUT2D eigenvalue weighted by Crippen LogP contribution is 2.38. The summed E-state index contributed by atoms with van der Waals surface area (Å²) in [6.45, 7) is 8.67. The van der Waals surface area contributed by atoms with Crippen molar-refractivity contribution in [2.24, 2.45) is 5.73 Å². The van der Waals surface area contributed by atoms with Crippen molar-refractivity contribution >= 4 is 47.3 Å². The van der Waals surface area contributed by atoms with Gasteiger partial charge in [0, 0.05) is 20.2 Å². The number of hydrogen-bond donors (Lipinski definition) is 3. The number of nitrogens with zero attached hydrogens (tertiary/aromatic N) is 3. The van der Waals surface area contributed by atoms with Gasteiger partial charge in [0.1, 0.15) is 59.7 Å². The number of anilines is 3. The van der Waals surface area contributed by atoms with E-state index in [2.05, 4.69) is 35.0 Å². The van der Waals surface area contributed by atoms with Crippen LogP contribution in [0.5, 0.6) is 11.5 Å². The average molecular weight is 841 g/mol. The number of esters is 1. The molecule has 4 N–H and O–H groups in total. The number of sulfonamides is 1. The van der Waals surface area contributed by atoms with E-state index in [1.165, 1.54) is 60.5 Å². The Morgan fingerprint density at radius 2 is 1.69 bits per heavy atom. The molecule has 5 rings (SSSR count). The van der Waals surface area contributed by atoms with E-state index in [9.17, 15) is 31.2 Å². The number of benzene rings is 3. The molecular weight excluding hydrogens is 798 g/mol. The second-order valence-electron chi connectivity index (χ2n) is 14.2. The lowest BCUT2D eigenvalue weighted by Gasteiger charge is -2.19.